The van der Waals surface area contributed by atoms with Gasteiger partial charge in [0.15, 0.2) is 5.65 Å². The topological polar surface area (TPSA) is 111 Å². The Hall–Kier alpha value is -3.88. The number of unbranched alkanes of at least 4 members (excludes halogenated alkanes) is 1. The largest absolute Gasteiger partial charge is 0.324 e. The van der Waals surface area contributed by atoms with E-state index < -0.39 is 4.92 Å². The molecule has 1 N–H and O–H groups in total. The number of nitrogens with zero attached hydrogens (tertiary/aromatic N) is 6. The van der Waals surface area contributed by atoms with Gasteiger partial charge in [-0.05, 0) is 18.6 Å². The summed E-state index contributed by atoms with van der Waals surface area (Å²) in [5, 5.41) is 24.6. The van der Waals surface area contributed by atoms with Crippen LogP contribution in [0.5, 0.6) is 0 Å². The maximum atomic E-state index is 11.1. The molecule has 0 fully saturated rings. The van der Waals surface area contributed by atoms with Crippen molar-refractivity contribution in [3.05, 3.63) is 64.2 Å². The number of nitrogens with one attached hydrogen (secondary N) is 1. The minimum atomic E-state index is -0.447. The van der Waals surface area contributed by atoms with E-state index in [1.807, 2.05) is 24.3 Å². The lowest BCUT2D eigenvalue weighted by Crippen LogP contribution is -2.03. The molecule has 0 aliphatic rings. The number of aromatic nitrogens is 4. The molecule has 2 aromatic heterocycles. The van der Waals surface area contributed by atoms with Gasteiger partial charge in [0.1, 0.15) is 5.52 Å². The lowest BCUT2D eigenvalue weighted by molar-refractivity contribution is -0.385. The molecule has 2 aromatic carbocycles. The summed E-state index contributed by atoms with van der Waals surface area (Å²) in [7, 11) is 0. The molecule has 0 amide bonds. The van der Waals surface area contributed by atoms with Crippen molar-refractivity contribution < 1.29 is 4.92 Å². The summed E-state index contributed by atoms with van der Waals surface area (Å²) in [6.07, 6.45) is 3.46. The fourth-order valence-electron chi connectivity index (χ4n) is 3.22. The van der Waals surface area contributed by atoms with Crippen LogP contribution in [-0.4, -0.2) is 30.9 Å². The Morgan fingerprint density at radius 2 is 1.97 bits per heavy atom. The number of rotatable bonds is 7. The minimum Gasteiger partial charge on any atom is -0.324 e. The van der Waals surface area contributed by atoms with Crippen LogP contribution in [0, 0.1) is 10.1 Å². The third kappa shape index (κ3) is 3.62. The molecule has 9 nitrogen and oxygen atoms in total. The molecule has 4 rings (SSSR count). The molecule has 0 saturated carbocycles. The van der Waals surface area contributed by atoms with Crippen molar-refractivity contribution in [2.24, 2.45) is 5.10 Å². The molecule has 0 saturated heterocycles. The SMILES string of the molecule is CCCCn1c2ccccc2c2nnc(N/N=C/c3ccccc3[N+](=O)[O-])nc21. The number of nitro benzene ring substituents is 1. The summed E-state index contributed by atoms with van der Waals surface area (Å²) < 4.78 is 2.14. The molecular formula is C20H19N7O2. The number of aryl methyl sites for hydroxylation is 1. The lowest BCUT2D eigenvalue weighted by atomic mass is 10.2. The molecule has 0 spiro atoms. The molecule has 2 heterocycles. The summed E-state index contributed by atoms with van der Waals surface area (Å²) >= 11 is 0. The van der Waals surface area contributed by atoms with Crippen molar-refractivity contribution in [3.8, 4) is 0 Å². The van der Waals surface area contributed by atoms with Crippen LogP contribution in [0.2, 0.25) is 0 Å². The van der Waals surface area contributed by atoms with Gasteiger partial charge in [0.2, 0.25) is 0 Å². The van der Waals surface area contributed by atoms with Crippen molar-refractivity contribution >= 4 is 39.9 Å². The number of hydrogen-bond donors (Lipinski definition) is 1. The van der Waals surface area contributed by atoms with Gasteiger partial charge in [0.25, 0.3) is 11.6 Å². The highest BCUT2D eigenvalue weighted by atomic mass is 16.6. The first-order valence-electron chi connectivity index (χ1n) is 9.33. The van der Waals surface area contributed by atoms with Gasteiger partial charge in [-0.25, -0.2) is 5.43 Å². The van der Waals surface area contributed by atoms with Crippen molar-refractivity contribution in [2.45, 2.75) is 26.3 Å². The van der Waals surface area contributed by atoms with Gasteiger partial charge in [-0.3, -0.25) is 10.1 Å². The molecule has 146 valence electrons. The smallest absolute Gasteiger partial charge is 0.278 e. The number of para-hydroxylation sites is 2. The molecule has 0 unspecified atom stereocenters. The maximum absolute atomic E-state index is 11.1. The Labute approximate surface area is 166 Å². The number of benzene rings is 2. The van der Waals surface area contributed by atoms with E-state index in [0.717, 1.165) is 41.5 Å². The fourth-order valence-corrected chi connectivity index (χ4v) is 3.22. The fraction of sp³-hybridized carbons (Fsp3) is 0.200. The van der Waals surface area contributed by atoms with Gasteiger partial charge in [0, 0.05) is 18.0 Å². The maximum Gasteiger partial charge on any atom is 0.278 e. The summed E-state index contributed by atoms with van der Waals surface area (Å²) in [5.41, 5.74) is 5.63. The predicted octanol–water partition coefficient (Wildman–Crippen LogP) is 4.13. The van der Waals surface area contributed by atoms with Crippen molar-refractivity contribution in [2.75, 3.05) is 5.43 Å². The average molecular weight is 389 g/mol. The van der Waals surface area contributed by atoms with Gasteiger partial charge in [-0.2, -0.15) is 10.1 Å². The van der Waals surface area contributed by atoms with Crippen LogP contribution in [0.1, 0.15) is 25.3 Å². The predicted molar refractivity (Wildman–Crippen MR) is 112 cm³/mol. The lowest BCUT2D eigenvalue weighted by Gasteiger charge is -2.05. The number of nitro groups is 1. The van der Waals surface area contributed by atoms with Crippen LogP contribution in [0.25, 0.3) is 22.1 Å². The van der Waals surface area contributed by atoms with E-state index in [0.29, 0.717) is 5.56 Å². The molecule has 29 heavy (non-hydrogen) atoms. The van der Waals surface area contributed by atoms with E-state index in [4.69, 9.17) is 0 Å². The van der Waals surface area contributed by atoms with Gasteiger partial charge in [0.05, 0.1) is 22.2 Å². The molecule has 0 bridgehead atoms. The average Bonchev–Trinajstić information content (AvgIpc) is 3.05. The summed E-state index contributed by atoms with van der Waals surface area (Å²) in [4.78, 5) is 15.2. The van der Waals surface area contributed by atoms with E-state index in [1.165, 1.54) is 12.3 Å². The zero-order valence-corrected chi connectivity index (χ0v) is 15.8. The number of anilines is 1. The van der Waals surface area contributed by atoms with Crippen molar-refractivity contribution in [1.82, 2.24) is 19.7 Å². The Balaban J connectivity index is 1.67. The van der Waals surface area contributed by atoms with E-state index in [2.05, 4.69) is 37.2 Å². The quantitative estimate of drug-likeness (QED) is 0.289. The molecular weight excluding hydrogens is 370 g/mol. The Kier molecular flexibility index (Phi) is 5.10. The van der Waals surface area contributed by atoms with Gasteiger partial charge >= 0.3 is 0 Å². The van der Waals surface area contributed by atoms with Crippen molar-refractivity contribution in [1.29, 1.82) is 0 Å². The molecule has 0 aliphatic heterocycles. The first-order chi connectivity index (χ1) is 14.2. The number of hydrazone groups is 1. The molecule has 4 aromatic rings. The monoisotopic (exact) mass is 389 g/mol. The Bertz CT molecular complexity index is 1220. The first-order valence-corrected chi connectivity index (χ1v) is 9.33. The Morgan fingerprint density at radius 1 is 1.17 bits per heavy atom. The van der Waals surface area contributed by atoms with E-state index >= 15 is 0 Å². The zero-order valence-electron chi connectivity index (χ0n) is 15.8. The van der Waals surface area contributed by atoms with Gasteiger partial charge in [-0.15, -0.1) is 10.2 Å². The highest BCUT2D eigenvalue weighted by Crippen LogP contribution is 2.26. The third-order valence-corrected chi connectivity index (χ3v) is 4.61. The molecule has 0 atom stereocenters. The van der Waals surface area contributed by atoms with Crippen LogP contribution < -0.4 is 5.43 Å². The van der Waals surface area contributed by atoms with Crippen molar-refractivity contribution in [3.63, 3.8) is 0 Å². The molecule has 0 aliphatic carbocycles. The van der Waals surface area contributed by atoms with E-state index in [9.17, 15) is 10.1 Å². The van der Waals surface area contributed by atoms with E-state index in [1.54, 1.807) is 18.2 Å². The summed E-state index contributed by atoms with van der Waals surface area (Å²) in [5.74, 6) is 0.230. The Morgan fingerprint density at radius 3 is 2.79 bits per heavy atom. The third-order valence-electron chi connectivity index (χ3n) is 4.61. The van der Waals surface area contributed by atoms with Gasteiger partial charge in [-0.1, -0.05) is 43.7 Å². The standard InChI is InChI=1S/C20H19N7O2/c1-2-3-12-26-17-11-7-5-9-15(17)18-19(26)22-20(25-23-18)24-21-13-14-8-4-6-10-16(14)27(28)29/h4-11,13H,2-3,12H2,1H3,(H,22,24,25)/b21-13+. The molecule has 9 heteroatoms. The van der Waals surface area contributed by atoms with E-state index in [-0.39, 0.29) is 11.6 Å². The summed E-state index contributed by atoms with van der Waals surface area (Å²) in [6, 6.07) is 14.4. The van der Waals surface area contributed by atoms with Crippen LogP contribution in [0.3, 0.4) is 0 Å². The number of hydrogen-bond acceptors (Lipinski definition) is 7. The minimum absolute atomic E-state index is 0.0211. The van der Waals surface area contributed by atoms with Gasteiger partial charge < -0.3 is 4.57 Å². The molecule has 0 radical (unpaired) electrons. The first kappa shape index (κ1) is 18.5. The van der Waals surface area contributed by atoms with Crippen LogP contribution in [0.15, 0.2) is 53.6 Å². The van der Waals surface area contributed by atoms with Crippen LogP contribution >= 0.6 is 0 Å². The highest BCUT2D eigenvalue weighted by Gasteiger charge is 2.14. The number of fused-ring (bicyclic) bond motifs is 3. The zero-order chi connectivity index (χ0) is 20.2. The highest BCUT2D eigenvalue weighted by molar-refractivity contribution is 6.04. The van der Waals surface area contributed by atoms with Crippen LogP contribution in [0.4, 0.5) is 11.6 Å². The normalized spacial score (nSPS) is 11.5. The second-order valence-electron chi connectivity index (χ2n) is 6.52. The summed E-state index contributed by atoms with van der Waals surface area (Å²) in [6.45, 7) is 2.98. The van der Waals surface area contributed by atoms with Crippen LogP contribution in [-0.2, 0) is 6.54 Å². The second kappa shape index (κ2) is 8.01. The second-order valence-corrected chi connectivity index (χ2v) is 6.52.